The van der Waals surface area contributed by atoms with Crippen LogP contribution in [-0.4, -0.2) is 6.54 Å². The van der Waals surface area contributed by atoms with E-state index in [0.717, 1.165) is 18.7 Å². The maximum absolute atomic E-state index is 5.44. The lowest BCUT2D eigenvalue weighted by atomic mass is 10.1. The van der Waals surface area contributed by atoms with Crippen LogP contribution in [-0.2, 0) is 0 Å². The lowest BCUT2D eigenvalue weighted by Crippen LogP contribution is -2.23. The van der Waals surface area contributed by atoms with E-state index in [-0.39, 0.29) is 0 Å². The molecule has 0 saturated heterocycles. The van der Waals surface area contributed by atoms with Crippen LogP contribution in [0.1, 0.15) is 86.5 Å². The maximum Gasteiger partial charge on any atom is 0.0415 e. The smallest absolute Gasteiger partial charge is 0.0415 e. The Hall–Kier alpha value is -0.700. The van der Waals surface area contributed by atoms with Crippen molar-refractivity contribution in [2.75, 3.05) is 6.54 Å². The van der Waals surface area contributed by atoms with Gasteiger partial charge in [-0.2, -0.15) is 0 Å². The summed E-state index contributed by atoms with van der Waals surface area (Å²) in [5, 5.41) is 3.27. The van der Waals surface area contributed by atoms with Gasteiger partial charge in [0.05, 0.1) is 0 Å². The number of rotatable bonds is 10. The molecule has 0 aliphatic rings. The van der Waals surface area contributed by atoms with Gasteiger partial charge in [-0.1, -0.05) is 67.2 Å². The summed E-state index contributed by atoms with van der Waals surface area (Å²) in [6.07, 6.45) is 10.6. The molecule has 3 heteroatoms. The molecule has 19 heavy (non-hydrogen) atoms. The Morgan fingerprint density at radius 2 is 1.47 bits per heavy atom. The summed E-state index contributed by atoms with van der Waals surface area (Å²) >= 11 is 0. The quantitative estimate of drug-likeness (QED) is 0.307. The van der Waals surface area contributed by atoms with Crippen molar-refractivity contribution in [2.45, 2.75) is 86.5 Å². The van der Waals surface area contributed by atoms with Crippen molar-refractivity contribution >= 4 is 0 Å². The molecule has 118 valence electrons. The predicted molar refractivity (Wildman–Crippen MR) is 89.8 cm³/mol. The highest BCUT2D eigenvalue weighted by molar-refractivity contribution is 4.96. The average molecular weight is 274 g/mol. The van der Waals surface area contributed by atoms with Crippen molar-refractivity contribution in [3.8, 4) is 0 Å². The fourth-order valence-electron chi connectivity index (χ4n) is 1.40. The molecule has 0 aromatic heterocycles. The first-order valence-electron chi connectivity index (χ1n) is 8.24. The summed E-state index contributed by atoms with van der Waals surface area (Å²) in [6, 6.07) is 0. The van der Waals surface area contributed by atoms with Crippen molar-refractivity contribution in [1.29, 1.82) is 0 Å². The molecule has 0 aromatic rings. The molecule has 0 spiro atoms. The lowest BCUT2D eigenvalue weighted by Gasteiger charge is -2.07. The Kier molecular flexibility index (Phi) is 32.0. The van der Waals surface area contributed by atoms with Crippen LogP contribution in [0, 0.1) is 0 Å². The van der Waals surface area contributed by atoms with E-state index in [1.54, 1.807) is 0 Å². The number of nitrogens with one attached hydrogen (secondary N) is 2. The third-order valence-electron chi connectivity index (χ3n) is 2.44. The van der Waals surface area contributed by atoms with Gasteiger partial charge < -0.3 is 10.7 Å². The van der Waals surface area contributed by atoms with Gasteiger partial charge in [-0.25, -0.2) is 0 Å². The van der Waals surface area contributed by atoms with Crippen molar-refractivity contribution in [2.24, 2.45) is 5.84 Å². The molecule has 0 unspecified atom stereocenters. The summed E-state index contributed by atoms with van der Waals surface area (Å²) in [5.74, 6) is 5.44. The Balaban J connectivity index is -0.000000579. The molecule has 0 amide bonds. The minimum absolute atomic E-state index is 1.04. The lowest BCUT2D eigenvalue weighted by molar-refractivity contribution is 0.635. The number of nitrogens with two attached hydrogens (primary N) is 1. The maximum atomic E-state index is 5.44. The monoisotopic (exact) mass is 273 g/mol. The van der Waals surface area contributed by atoms with Gasteiger partial charge in [-0.3, -0.25) is 5.84 Å². The topological polar surface area (TPSA) is 50.1 Å². The molecule has 0 aromatic carbocycles. The highest BCUT2D eigenvalue weighted by Gasteiger charge is 1.94. The van der Waals surface area contributed by atoms with Crippen LogP contribution in [0.25, 0.3) is 0 Å². The third kappa shape index (κ3) is 22.9. The molecular weight excluding hydrogens is 234 g/mol. The van der Waals surface area contributed by atoms with E-state index < -0.39 is 0 Å². The van der Waals surface area contributed by atoms with Crippen LogP contribution in [0.15, 0.2) is 11.9 Å². The number of hydrogen-bond donors (Lipinski definition) is 3. The van der Waals surface area contributed by atoms with Gasteiger partial charge in [0.15, 0.2) is 0 Å². The number of allylic oxidation sites excluding steroid dienone is 1. The molecule has 0 aliphatic carbocycles. The fraction of sp³-hybridized carbons (Fsp3) is 0.875. The summed E-state index contributed by atoms with van der Waals surface area (Å²) in [6.45, 7) is 13.5. The van der Waals surface area contributed by atoms with Gasteiger partial charge in [-0.15, -0.1) is 0 Å². The summed E-state index contributed by atoms with van der Waals surface area (Å²) in [7, 11) is 0. The van der Waals surface area contributed by atoms with E-state index in [2.05, 4.69) is 24.6 Å². The van der Waals surface area contributed by atoms with Gasteiger partial charge in [0.25, 0.3) is 0 Å². The van der Waals surface area contributed by atoms with Crippen LogP contribution in [0.2, 0.25) is 0 Å². The summed E-state index contributed by atoms with van der Waals surface area (Å²) in [4.78, 5) is 0. The zero-order valence-corrected chi connectivity index (χ0v) is 14.3. The van der Waals surface area contributed by atoms with E-state index in [9.17, 15) is 0 Å². The molecule has 0 aliphatic heterocycles. The van der Waals surface area contributed by atoms with Crippen LogP contribution >= 0.6 is 0 Å². The third-order valence-corrected chi connectivity index (χ3v) is 2.44. The second-order valence-corrected chi connectivity index (χ2v) is 3.93. The molecule has 0 saturated carbocycles. The molecular formula is C16H39N3. The van der Waals surface area contributed by atoms with Crippen LogP contribution in [0.5, 0.6) is 0 Å². The first-order chi connectivity index (χ1) is 9.35. The van der Waals surface area contributed by atoms with Crippen molar-refractivity contribution in [1.82, 2.24) is 10.7 Å². The number of unbranched alkanes of at least 4 members (excludes halogenated alkanes) is 4. The largest absolute Gasteiger partial charge is 0.389 e. The second-order valence-electron chi connectivity index (χ2n) is 3.93. The minimum Gasteiger partial charge on any atom is -0.389 e. The minimum atomic E-state index is 1.04. The summed E-state index contributed by atoms with van der Waals surface area (Å²) in [5.41, 5.74) is 3.87. The highest BCUT2D eigenvalue weighted by Crippen LogP contribution is 2.06. The van der Waals surface area contributed by atoms with E-state index in [1.807, 2.05) is 33.9 Å². The molecule has 4 N–H and O–H groups in total. The second kappa shape index (κ2) is 26.0. The molecule has 0 rings (SSSR count). The number of hydrogen-bond acceptors (Lipinski definition) is 3. The van der Waals surface area contributed by atoms with E-state index in [1.165, 1.54) is 38.5 Å². The van der Waals surface area contributed by atoms with Gasteiger partial charge in [0.1, 0.15) is 0 Å². The van der Waals surface area contributed by atoms with E-state index >= 15 is 0 Å². The van der Waals surface area contributed by atoms with Crippen LogP contribution in [0.4, 0.5) is 0 Å². The first kappa shape index (κ1) is 23.4. The Morgan fingerprint density at radius 3 is 1.95 bits per heavy atom. The van der Waals surface area contributed by atoms with Crippen LogP contribution in [0.3, 0.4) is 0 Å². The zero-order chi connectivity index (χ0) is 15.4. The average Bonchev–Trinajstić information content (AvgIpc) is 2.50. The van der Waals surface area contributed by atoms with E-state index in [0.29, 0.717) is 0 Å². The normalized spacial score (nSPS) is 9.74. The predicted octanol–water partition coefficient (Wildman–Crippen LogP) is 4.70. The molecule has 0 radical (unpaired) electrons. The van der Waals surface area contributed by atoms with Gasteiger partial charge in [0.2, 0.25) is 0 Å². The van der Waals surface area contributed by atoms with Gasteiger partial charge in [-0.05, 0) is 19.3 Å². The molecule has 0 fully saturated rings. The fourth-order valence-corrected chi connectivity index (χ4v) is 1.40. The van der Waals surface area contributed by atoms with Gasteiger partial charge in [0, 0.05) is 18.4 Å². The zero-order valence-electron chi connectivity index (χ0n) is 14.3. The molecule has 3 nitrogen and oxygen atoms in total. The Morgan fingerprint density at radius 1 is 0.895 bits per heavy atom. The Bertz CT molecular complexity index is 156. The molecule has 0 heterocycles. The SMILES string of the molecule is CC.CC.CCCCCC/C(=C/NCCCC)NN. The number of hydrazine groups is 1. The molecule has 0 atom stereocenters. The van der Waals surface area contributed by atoms with Crippen LogP contribution < -0.4 is 16.6 Å². The standard InChI is InChI=1S/C12H27N3.2C2H6/c1-3-5-7-8-9-12(15-13)11-14-10-6-4-2;2*1-2/h11,14-15H,3-10,13H2,1-2H3;2*1-2H3/b12-11-;;. The first-order valence-corrected chi connectivity index (χ1v) is 8.24. The van der Waals surface area contributed by atoms with Crippen molar-refractivity contribution in [3.05, 3.63) is 11.9 Å². The van der Waals surface area contributed by atoms with E-state index in [4.69, 9.17) is 5.84 Å². The van der Waals surface area contributed by atoms with Crippen molar-refractivity contribution < 1.29 is 0 Å². The molecule has 0 bridgehead atoms. The van der Waals surface area contributed by atoms with Crippen molar-refractivity contribution in [3.63, 3.8) is 0 Å². The van der Waals surface area contributed by atoms with Gasteiger partial charge >= 0.3 is 0 Å². The Labute approximate surface area is 122 Å². The highest BCUT2D eigenvalue weighted by atomic mass is 15.2. The summed E-state index contributed by atoms with van der Waals surface area (Å²) < 4.78 is 0.